The van der Waals surface area contributed by atoms with Gasteiger partial charge in [0.25, 0.3) is 0 Å². The van der Waals surface area contributed by atoms with Crippen molar-refractivity contribution in [2.24, 2.45) is 5.73 Å². The number of nitrogens with one attached hydrogen (secondary N) is 1. The highest BCUT2D eigenvalue weighted by Gasteiger charge is 2.19. The van der Waals surface area contributed by atoms with Crippen molar-refractivity contribution in [2.75, 3.05) is 7.11 Å². The number of aromatic nitrogens is 3. The number of carbonyl (C=O) groups excluding carboxylic acids is 1. The molecule has 0 bridgehead atoms. The SMILES string of the molecule is COC(=O)c1[nH]cc(-c2ccn(C(C)C)n2)c1CN. The Hall–Kier alpha value is -2.08. The van der Waals surface area contributed by atoms with E-state index in [0.29, 0.717) is 5.69 Å². The minimum absolute atomic E-state index is 0.248. The van der Waals surface area contributed by atoms with Gasteiger partial charge in [-0.3, -0.25) is 4.68 Å². The van der Waals surface area contributed by atoms with Crippen LogP contribution in [0.4, 0.5) is 0 Å². The van der Waals surface area contributed by atoms with Crippen molar-refractivity contribution in [2.45, 2.75) is 26.4 Å². The van der Waals surface area contributed by atoms with Gasteiger partial charge in [-0.2, -0.15) is 5.10 Å². The van der Waals surface area contributed by atoms with Gasteiger partial charge in [0.15, 0.2) is 0 Å². The second kappa shape index (κ2) is 5.27. The number of nitrogens with two attached hydrogens (primary N) is 1. The second-order valence-electron chi connectivity index (χ2n) is 4.53. The van der Waals surface area contributed by atoms with Gasteiger partial charge in [-0.05, 0) is 19.9 Å². The zero-order valence-corrected chi connectivity index (χ0v) is 11.3. The Morgan fingerprint density at radius 3 is 2.84 bits per heavy atom. The first kappa shape index (κ1) is 13.4. The van der Waals surface area contributed by atoms with Gasteiger partial charge in [-0.15, -0.1) is 0 Å². The highest BCUT2D eigenvalue weighted by molar-refractivity contribution is 5.91. The number of hydrogen-bond acceptors (Lipinski definition) is 4. The Labute approximate surface area is 111 Å². The fraction of sp³-hybridized carbons (Fsp3) is 0.385. The summed E-state index contributed by atoms with van der Waals surface area (Å²) in [5.74, 6) is -0.421. The summed E-state index contributed by atoms with van der Waals surface area (Å²) >= 11 is 0. The van der Waals surface area contributed by atoms with Crippen molar-refractivity contribution in [3.8, 4) is 11.3 Å². The van der Waals surface area contributed by atoms with Crippen LogP contribution in [-0.4, -0.2) is 27.8 Å². The number of nitrogens with zero attached hydrogens (tertiary/aromatic N) is 2. The van der Waals surface area contributed by atoms with Crippen molar-refractivity contribution in [1.29, 1.82) is 0 Å². The average molecular weight is 262 g/mol. The molecule has 102 valence electrons. The van der Waals surface area contributed by atoms with Gasteiger partial charge in [-0.25, -0.2) is 4.79 Å². The van der Waals surface area contributed by atoms with Gasteiger partial charge in [0.05, 0.1) is 12.8 Å². The van der Waals surface area contributed by atoms with E-state index in [4.69, 9.17) is 10.5 Å². The summed E-state index contributed by atoms with van der Waals surface area (Å²) < 4.78 is 6.58. The number of hydrogen-bond donors (Lipinski definition) is 2. The van der Waals surface area contributed by atoms with Crippen LogP contribution in [0.5, 0.6) is 0 Å². The predicted molar refractivity (Wildman–Crippen MR) is 71.6 cm³/mol. The predicted octanol–water partition coefficient (Wildman–Crippen LogP) is 1.70. The Kier molecular flexibility index (Phi) is 3.71. The van der Waals surface area contributed by atoms with Crippen LogP contribution in [0, 0.1) is 0 Å². The fourth-order valence-electron chi connectivity index (χ4n) is 1.95. The molecule has 0 spiro atoms. The van der Waals surface area contributed by atoms with Crippen LogP contribution in [0.2, 0.25) is 0 Å². The molecule has 0 amide bonds. The molecule has 19 heavy (non-hydrogen) atoms. The molecule has 6 nitrogen and oxygen atoms in total. The van der Waals surface area contributed by atoms with Gasteiger partial charge in [0, 0.05) is 36.1 Å². The molecular formula is C13H18N4O2. The lowest BCUT2D eigenvalue weighted by molar-refractivity contribution is 0.0593. The highest BCUT2D eigenvalue weighted by atomic mass is 16.5. The molecule has 0 fully saturated rings. The first-order chi connectivity index (χ1) is 9.08. The molecular weight excluding hydrogens is 244 g/mol. The fourth-order valence-corrected chi connectivity index (χ4v) is 1.95. The monoisotopic (exact) mass is 262 g/mol. The first-order valence-corrected chi connectivity index (χ1v) is 6.12. The normalized spacial score (nSPS) is 11.0. The largest absolute Gasteiger partial charge is 0.464 e. The summed E-state index contributed by atoms with van der Waals surface area (Å²) in [6.07, 6.45) is 3.65. The topological polar surface area (TPSA) is 85.9 Å². The summed E-state index contributed by atoms with van der Waals surface area (Å²) in [4.78, 5) is 14.5. The van der Waals surface area contributed by atoms with Crippen LogP contribution in [0.25, 0.3) is 11.3 Å². The maximum absolute atomic E-state index is 11.6. The first-order valence-electron chi connectivity index (χ1n) is 6.12. The van der Waals surface area contributed by atoms with Crippen LogP contribution < -0.4 is 5.73 Å². The van der Waals surface area contributed by atoms with Crippen molar-refractivity contribution < 1.29 is 9.53 Å². The van der Waals surface area contributed by atoms with Gasteiger partial charge in [0.1, 0.15) is 5.69 Å². The maximum Gasteiger partial charge on any atom is 0.354 e. The van der Waals surface area contributed by atoms with Gasteiger partial charge < -0.3 is 15.5 Å². The molecule has 3 N–H and O–H groups in total. The van der Waals surface area contributed by atoms with Crippen LogP contribution in [0.15, 0.2) is 18.5 Å². The lowest BCUT2D eigenvalue weighted by atomic mass is 10.1. The lowest BCUT2D eigenvalue weighted by Crippen LogP contribution is -2.08. The number of carbonyl (C=O) groups is 1. The van der Waals surface area contributed by atoms with Crippen LogP contribution in [0.3, 0.4) is 0 Å². The van der Waals surface area contributed by atoms with Gasteiger partial charge in [-0.1, -0.05) is 0 Å². The van der Waals surface area contributed by atoms with Crippen molar-refractivity contribution in [3.63, 3.8) is 0 Å². The molecule has 6 heteroatoms. The number of ether oxygens (including phenoxy) is 1. The number of esters is 1. The van der Waals surface area contributed by atoms with Gasteiger partial charge in [0.2, 0.25) is 0 Å². The van der Waals surface area contributed by atoms with Crippen molar-refractivity contribution >= 4 is 5.97 Å². The van der Waals surface area contributed by atoms with Crippen LogP contribution in [-0.2, 0) is 11.3 Å². The second-order valence-corrected chi connectivity index (χ2v) is 4.53. The molecule has 0 aliphatic heterocycles. The number of aromatic amines is 1. The smallest absolute Gasteiger partial charge is 0.354 e. The Morgan fingerprint density at radius 2 is 2.32 bits per heavy atom. The lowest BCUT2D eigenvalue weighted by Gasteiger charge is -2.04. The Morgan fingerprint density at radius 1 is 1.58 bits per heavy atom. The van der Waals surface area contributed by atoms with E-state index < -0.39 is 5.97 Å². The maximum atomic E-state index is 11.6. The van der Waals surface area contributed by atoms with E-state index in [1.165, 1.54) is 7.11 Å². The third-order valence-electron chi connectivity index (χ3n) is 2.99. The van der Waals surface area contributed by atoms with E-state index in [1.54, 1.807) is 6.20 Å². The average Bonchev–Trinajstić information content (AvgIpc) is 3.03. The van der Waals surface area contributed by atoms with Crippen molar-refractivity contribution in [1.82, 2.24) is 14.8 Å². The summed E-state index contributed by atoms with van der Waals surface area (Å²) in [6, 6.07) is 2.19. The Balaban J connectivity index is 2.44. The minimum atomic E-state index is -0.421. The molecule has 2 heterocycles. The summed E-state index contributed by atoms with van der Waals surface area (Å²) in [5.41, 5.74) is 8.47. The van der Waals surface area contributed by atoms with Crippen molar-refractivity contribution in [3.05, 3.63) is 29.7 Å². The van der Waals surface area contributed by atoms with E-state index in [2.05, 4.69) is 23.9 Å². The quantitative estimate of drug-likeness (QED) is 0.821. The molecule has 0 unspecified atom stereocenters. The van der Waals surface area contributed by atoms with E-state index in [9.17, 15) is 4.79 Å². The van der Waals surface area contributed by atoms with E-state index in [0.717, 1.165) is 16.8 Å². The molecule has 0 saturated heterocycles. The van der Waals surface area contributed by atoms with E-state index in [-0.39, 0.29) is 12.6 Å². The van der Waals surface area contributed by atoms with E-state index >= 15 is 0 Å². The zero-order valence-electron chi connectivity index (χ0n) is 11.3. The molecule has 0 aromatic carbocycles. The highest BCUT2D eigenvalue weighted by Crippen LogP contribution is 2.25. The molecule has 2 aromatic rings. The van der Waals surface area contributed by atoms with E-state index in [1.807, 2.05) is 16.9 Å². The molecule has 0 atom stereocenters. The Bertz CT molecular complexity index is 583. The minimum Gasteiger partial charge on any atom is -0.464 e. The molecule has 0 aliphatic carbocycles. The molecule has 0 radical (unpaired) electrons. The number of rotatable bonds is 4. The third kappa shape index (κ3) is 2.39. The molecule has 0 aliphatic rings. The van der Waals surface area contributed by atoms with Crippen LogP contribution >= 0.6 is 0 Å². The zero-order chi connectivity index (χ0) is 14.0. The summed E-state index contributed by atoms with van der Waals surface area (Å²) in [7, 11) is 1.34. The molecule has 0 saturated carbocycles. The van der Waals surface area contributed by atoms with Crippen LogP contribution in [0.1, 0.15) is 35.9 Å². The van der Waals surface area contributed by atoms with Gasteiger partial charge >= 0.3 is 5.97 Å². The summed E-state index contributed by atoms with van der Waals surface area (Å²) in [6.45, 7) is 4.35. The third-order valence-corrected chi connectivity index (χ3v) is 2.99. The summed E-state index contributed by atoms with van der Waals surface area (Å²) in [5, 5.41) is 4.48. The molecule has 2 aromatic heterocycles. The number of H-pyrrole nitrogens is 1. The standard InChI is InChI=1S/C13H18N4O2/c1-8(2)17-5-4-11(16-17)10-7-15-12(9(10)6-14)13(18)19-3/h4-5,7-8,15H,6,14H2,1-3H3. The number of methoxy groups -OCH3 is 1. The molecule has 2 rings (SSSR count).